The summed E-state index contributed by atoms with van der Waals surface area (Å²) < 4.78 is 57.3. The first-order chi connectivity index (χ1) is 18.7. The zero-order valence-corrected chi connectivity index (χ0v) is 24.5. The highest BCUT2D eigenvalue weighted by Gasteiger charge is 2.71. The fourth-order valence-electron chi connectivity index (χ4n) is 7.85. The monoisotopic (exact) mass is 578 g/mol. The average molecular weight is 579 g/mol. The van der Waals surface area contributed by atoms with Crippen molar-refractivity contribution in [2.24, 2.45) is 34.0 Å². The Kier molecular flexibility index (Phi) is 8.10. The highest BCUT2D eigenvalue weighted by Crippen LogP contribution is 2.68. The van der Waals surface area contributed by atoms with E-state index in [2.05, 4.69) is 6.58 Å². The Morgan fingerprint density at radius 1 is 1.18 bits per heavy atom. The summed E-state index contributed by atoms with van der Waals surface area (Å²) in [5, 5.41) is 0. The zero-order chi connectivity index (χ0) is 29.7. The van der Waals surface area contributed by atoms with Gasteiger partial charge in [0.05, 0.1) is 4.90 Å². The number of ether oxygens (including phenoxy) is 2. The predicted molar refractivity (Wildman–Crippen MR) is 144 cm³/mol. The lowest BCUT2D eigenvalue weighted by Gasteiger charge is -2.61. The van der Waals surface area contributed by atoms with Crippen LogP contribution in [0.4, 0.5) is 4.39 Å². The van der Waals surface area contributed by atoms with E-state index in [1.807, 2.05) is 34.6 Å². The molecule has 0 saturated heterocycles. The quantitative estimate of drug-likeness (QED) is 0.188. The van der Waals surface area contributed by atoms with Gasteiger partial charge in [0, 0.05) is 22.7 Å². The maximum atomic E-state index is 15.3. The molecule has 4 rings (SSSR count). The molecule has 0 spiro atoms. The molecule has 0 N–H and O–H groups in total. The van der Waals surface area contributed by atoms with Crippen LogP contribution < -0.4 is 0 Å². The van der Waals surface area contributed by atoms with Gasteiger partial charge in [0.1, 0.15) is 12.2 Å². The molecule has 10 heteroatoms. The summed E-state index contributed by atoms with van der Waals surface area (Å²) in [6.07, 6.45) is -0.358. The summed E-state index contributed by atoms with van der Waals surface area (Å²) in [7, 11) is -4.23. The maximum absolute atomic E-state index is 15.3. The smallest absolute Gasteiger partial charge is 0.333 e. The van der Waals surface area contributed by atoms with Gasteiger partial charge in [-0.25, -0.2) is 9.18 Å². The number of carbonyl (C=O) groups is 3. The van der Waals surface area contributed by atoms with Crippen molar-refractivity contribution in [1.82, 2.24) is 0 Å². The molecule has 0 aliphatic heterocycles. The highest BCUT2D eigenvalue weighted by atomic mass is 32.2. The molecule has 0 radical (unpaired) electrons. The van der Waals surface area contributed by atoms with Crippen molar-refractivity contribution in [3.63, 3.8) is 0 Å². The molecule has 220 valence electrons. The van der Waals surface area contributed by atoms with Gasteiger partial charge >= 0.3 is 5.97 Å². The Hall–Kier alpha value is -2.59. The van der Waals surface area contributed by atoms with E-state index in [-0.39, 0.29) is 29.6 Å². The average Bonchev–Trinajstić information content (AvgIpc) is 3.18. The van der Waals surface area contributed by atoms with Gasteiger partial charge in [-0.15, -0.1) is 6.58 Å². The largest absolute Gasteiger partial charge is 0.463 e. The number of hydrogen-bond donors (Lipinski definition) is 0. The van der Waals surface area contributed by atoms with Gasteiger partial charge in [0.2, 0.25) is 0 Å². The van der Waals surface area contributed by atoms with Gasteiger partial charge in [-0.3, -0.25) is 13.8 Å². The normalized spacial score (nSPS) is 39.4. The minimum atomic E-state index is -4.23. The SMILES string of the molecule is C=C[C@]1(C)C[C@@H](OC(=O)COS(=O)(=O)c2ccc(C)cc2)[C@@]2(C)[C@@H]3C(=O)[C@@H](F)C[C@@]3(CC[C@@H]2C)[C@@H](C)[C@@H]1OC=O. The van der Waals surface area contributed by atoms with Crippen molar-refractivity contribution in [3.8, 4) is 0 Å². The number of carbonyl (C=O) groups excluding carboxylic acids is 3. The van der Waals surface area contributed by atoms with Gasteiger partial charge in [0.15, 0.2) is 18.6 Å². The number of alkyl halides is 1. The molecule has 3 aliphatic carbocycles. The van der Waals surface area contributed by atoms with E-state index < -0.39 is 69.0 Å². The van der Waals surface area contributed by atoms with E-state index >= 15 is 4.39 Å². The minimum Gasteiger partial charge on any atom is -0.463 e. The lowest BCUT2D eigenvalue weighted by atomic mass is 9.44. The number of benzene rings is 1. The molecule has 3 fully saturated rings. The molecule has 8 nitrogen and oxygen atoms in total. The van der Waals surface area contributed by atoms with E-state index in [0.717, 1.165) is 5.56 Å². The first-order valence-corrected chi connectivity index (χ1v) is 15.1. The Balaban J connectivity index is 1.71. The highest BCUT2D eigenvalue weighted by molar-refractivity contribution is 7.86. The summed E-state index contributed by atoms with van der Waals surface area (Å²) in [6.45, 7) is 12.9. The summed E-state index contributed by atoms with van der Waals surface area (Å²) in [6, 6.07) is 6.01. The van der Waals surface area contributed by atoms with Crippen LogP contribution in [0.3, 0.4) is 0 Å². The Morgan fingerprint density at radius 3 is 2.42 bits per heavy atom. The van der Waals surface area contributed by atoms with E-state index in [0.29, 0.717) is 19.3 Å². The standard InChI is InChI=1S/C30H39FO8S/c1-7-28(5)15-23(39-24(33)16-38-40(35,36)21-10-8-18(2)9-11-21)29(6)19(3)12-13-30(20(4)27(28)37-17-32)14-22(31)25(34)26(29)30/h7-11,17,19-20,22-23,26-27H,1,12-16H2,2-6H3/t19-,20-,22-,23+,26-,27-,28+,29-,30-/m0/s1. The van der Waals surface area contributed by atoms with Crippen LogP contribution in [0.15, 0.2) is 41.8 Å². The van der Waals surface area contributed by atoms with Gasteiger partial charge in [-0.1, -0.05) is 51.5 Å². The van der Waals surface area contributed by atoms with E-state index in [9.17, 15) is 22.8 Å². The van der Waals surface area contributed by atoms with Crippen LogP contribution in [-0.2, 0) is 38.2 Å². The molecule has 0 heterocycles. The number of rotatable bonds is 8. The molecule has 3 saturated carbocycles. The van der Waals surface area contributed by atoms with Crippen LogP contribution in [0, 0.1) is 40.9 Å². The molecule has 0 aromatic heterocycles. The molecular weight excluding hydrogens is 539 g/mol. The second-order valence-corrected chi connectivity index (χ2v) is 14.0. The second kappa shape index (κ2) is 10.7. The maximum Gasteiger partial charge on any atom is 0.333 e. The fourth-order valence-corrected chi connectivity index (χ4v) is 8.71. The van der Waals surface area contributed by atoms with Crippen molar-refractivity contribution < 1.29 is 40.8 Å². The van der Waals surface area contributed by atoms with Crippen LogP contribution in [0.25, 0.3) is 0 Å². The van der Waals surface area contributed by atoms with Gasteiger partial charge in [-0.2, -0.15) is 8.42 Å². The molecule has 1 aromatic rings. The van der Waals surface area contributed by atoms with Gasteiger partial charge in [-0.05, 0) is 56.1 Å². The number of ketones is 1. The van der Waals surface area contributed by atoms with Crippen molar-refractivity contribution in [1.29, 1.82) is 0 Å². The number of hydrogen-bond acceptors (Lipinski definition) is 8. The first kappa shape index (κ1) is 30.4. The van der Waals surface area contributed by atoms with Crippen molar-refractivity contribution >= 4 is 28.3 Å². The fraction of sp³-hybridized carbons (Fsp3) is 0.633. The predicted octanol–water partition coefficient (Wildman–Crippen LogP) is 4.74. The first-order valence-electron chi connectivity index (χ1n) is 13.7. The van der Waals surface area contributed by atoms with Crippen LogP contribution in [0.2, 0.25) is 0 Å². The Morgan fingerprint density at radius 2 is 1.82 bits per heavy atom. The summed E-state index contributed by atoms with van der Waals surface area (Å²) in [5.41, 5.74) is -1.81. The summed E-state index contributed by atoms with van der Waals surface area (Å²) in [5.74, 6) is -2.73. The lowest BCUT2D eigenvalue weighted by Crippen LogP contribution is -2.63. The summed E-state index contributed by atoms with van der Waals surface area (Å²) >= 11 is 0. The third kappa shape index (κ3) is 4.81. The van der Waals surface area contributed by atoms with E-state index in [1.165, 1.54) is 12.1 Å². The molecule has 3 aliphatic rings. The van der Waals surface area contributed by atoms with Crippen LogP contribution in [0.5, 0.6) is 0 Å². The molecule has 1 aromatic carbocycles. The van der Waals surface area contributed by atoms with Crippen molar-refractivity contribution in [2.75, 3.05) is 6.61 Å². The topological polar surface area (TPSA) is 113 Å². The number of Topliss-reactive ketones (excluding diaryl/α,β-unsaturated/α-hetero) is 1. The number of esters is 1. The molecule has 0 unspecified atom stereocenters. The van der Waals surface area contributed by atoms with Crippen LogP contribution in [-0.4, -0.2) is 51.6 Å². The molecule has 40 heavy (non-hydrogen) atoms. The third-order valence-corrected chi connectivity index (χ3v) is 11.6. The minimum absolute atomic E-state index is 0.00445. The van der Waals surface area contributed by atoms with Gasteiger partial charge in [0.25, 0.3) is 16.6 Å². The summed E-state index contributed by atoms with van der Waals surface area (Å²) in [4.78, 5) is 38.2. The van der Waals surface area contributed by atoms with Crippen molar-refractivity contribution in [3.05, 3.63) is 42.5 Å². The van der Waals surface area contributed by atoms with Crippen LogP contribution in [0.1, 0.15) is 58.9 Å². The number of halogens is 1. The Labute approximate surface area is 235 Å². The van der Waals surface area contributed by atoms with E-state index in [1.54, 1.807) is 18.2 Å². The second-order valence-electron chi connectivity index (χ2n) is 12.4. The molecule has 9 atom stereocenters. The zero-order valence-electron chi connectivity index (χ0n) is 23.7. The third-order valence-electron chi connectivity index (χ3n) is 10.4. The van der Waals surface area contributed by atoms with Crippen LogP contribution >= 0.6 is 0 Å². The van der Waals surface area contributed by atoms with Crippen molar-refractivity contribution in [2.45, 2.75) is 83.6 Å². The van der Waals surface area contributed by atoms with E-state index in [4.69, 9.17) is 13.7 Å². The Bertz CT molecular complexity index is 1280. The number of aryl methyl sites for hydroxylation is 1. The lowest BCUT2D eigenvalue weighted by molar-refractivity contribution is -0.211. The molecule has 0 amide bonds. The molecule has 2 bridgehead atoms. The van der Waals surface area contributed by atoms with Gasteiger partial charge < -0.3 is 9.47 Å². The molecular formula is C30H39FO8S.